The number of hydrogen-bond donors (Lipinski definition) is 0. The van der Waals surface area contributed by atoms with Gasteiger partial charge in [0.05, 0.1) is 6.61 Å². The minimum atomic E-state index is -3.73. The Kier molecular flexibility index (Phi) is 9.46. The van der Waals surface area contributed by atoms with E-state index in [4.69, 9.17) is 26.8 Å². The molecular formula is C14H37O7PSi3. The van der Waals surface area contributed by atoms with Crippen molar-refractivity contribution in [2.45, 2.75) is 64.7 Å². The molecule has 0 spiro atoms. The molecule has 0 saturated heterocycles. The van der Waals surface area contributed by atoms with Gasteiger partial charge in [0.2, 0.25) is 5.79 Å². The molecule has 0 radical (unpaired) electrons. The van der Waals surface area contributed by atoms with Gasteiger partial charge in [0.1, 0.15) is 6.61 Å². The van der Waals surface area contributed by atoms with Crippen molar-refractivity contribution in [1.29, 1.82) is 0 Å². The quantitative estimate of drug-likeness (QED) is 0.252. The first-order chi connectivity index (χ1) is 10.9. The number of rotatable bonds is 12. The van der Waals surface area contributed by atoms with Crippen LogP contribution >= 0.6 is 7.82 Å². The largest absolute Gasteiger partial charge is 0.455 e. The lowest BCUT2D eigenvalue weighted by Gasteiger charge is -2.35. The Morgan fingerprint density at radius 3 is 1.40 bits per heavy atom. The van der Waals surface area contributed by atoms with Crippen molar-refractivity contribution in [1.82, 2.24) is 0 Å². The van der Waals surface area contributed by atoms with Crippen molar-refractivity contribution in [2.75, 3.05) is 27.4 Å². The molecule has 0 aromatic heterocycles. The molecule has 0 saturated carbocycles. The maximum atomic E-state index is 13.2. The summed E-state index contributed by atoms with van der Waals surface area (Å²) in [6.07, 6.45) is 0. The van der Waals surface area contributed by atoms with E-state index in [9.17, 15) is 4.57 Å². The van der Waals surface area contributed by atoms with Crippen LogP contribution in [0.3, 0.4) is 0 Å². The van der Waals surface area contributed by atoms with E-state index in [1.165, 1.54) is 14.2 Å². The van der Waals surface area contributed by atoms with Gasteiger partial charge in [-0.15, -0.1) is 0 Å². The van der Waals surface area contributed by atoms with Gasteiger partial charge in [-0.05, 0) is 58.9 Å². The summed E-state index contributed by atoms with van der Waals surface area (Å²) < 4.78 is 47.2. The highest BCUT2D eigenvalue weighted by Crippen LogP contribution is 2.54. The zero-order chi connectivity index (χ0) is 20.2. The molecule has 0 amide bonds. The lowest BCUT2D eigenvalue weighted by atomic mass is 10.3. The Morgan fingerprint density at radius 2 is 1.12 bits per heavy atom. The van der Waals surface area contributed by atoms with Crippen LogP contribution in [0, 0.1) is 0 Å². The highest BCUT2D eigenvalue weighted by Gasteiger charge is 2.42. The smallest absolute Gasteiger partial charge is 0.412 e. The molecule has 152 valence electrons. The SMILES string of the molecule is COC(CO[Si](C)(C)C)(COP(=O)(O[Si](C)(C)C)O[Si](C)(C)C)OC. The van der Waals surface area contributed by atoms with Gasteiger partial charge in [-0.2, -0.15) is 0 Å². The molecule has 7 nitrogen and oxygen atoms in total. The molecule has 0 aliphatic heterocycles. The average Bonchev–Trinajstić information content (AvgIpc) is 2.34. The third kappa shape index (κ3) is 11.9. The first kappa shape index (κ1) is 25.6. The van der Waals surface area contributed by atoms with E-state index in [-0.39, 0.29) is 13.2 Å². The topological polar surface area (TPSA) is 72.5 Å². The monoisotopic (exact) mass is 432 g/mol. The van der Waals surface area contributed by atoms with Crippen LogP contribution in [-0.4, -0.2) is 58.2 Å². The second-order valence-electron chi connectivity index (χ2n) is 8.85. The van der Waals surface area contributed by atoms with Crippen molar-refractivity contribution in [3.05, 3.63) is 0 Å². The minimum absolute atomic E-state index is 0.114. The predicted molar refractivity (Wildman–Crippen MR) is 108 cm³/mol. The maximum absolute atomic E-state index is 13.2. The Labute approximate surface area is 156 Å². The van der Waals surface area contributed by atoms with Gasteiger partial charge < -0.3 is 22.3 Å². The molecule has 11 heteroatoms. The fourth-order valence-electron chi connectivity index (χ4n) is 1.61. The van der Waals surface area contributed by atoms with Crippen molar-refractivity contribution in [3.8, 4) is 0 Å². The summed E-state index contributed by atoms with van der Waals surface area (Å²) in [6.45, 7) is 17.9. The number of phosphoric acid groups is 1. The van der Waals surface area contributed by atoms with Crippen molar-refractivity contribution >= 4 is 32.8 Å². The fourth-order valence-corrected chi connectivity index (χ4v) is 8.89. The summed E-state index contributed by atoms with van der Waals surface area (Å²) in [5.74, 6) is -1.17. The van der Waals surface area contributed by atoms with Crippen LogP contribution in [0.15, 0.2) is 0 Å². The van der Waals surface area contributed by atoms with E-state index in [0.717, 1.165) is 0 Å². The normalized spacial score (nSPS) is 14.8. The fraction of sp³-hybridized carbons (Fsp3) is 1.00. The summed E-state index contributed by atoms with van der Waals surface area (Å²) >= 11 is 0. The van der Waals surface area contributed by atoms with E-state index >= 15 is 0 Å². The van der Waals surface area contributed by atoms with Crippen molar-refractivity contribution in [2.24, 2.45) is 0 Å². The number of hydrogen-bond acceptors (Lipinski definition) is 7. The van der Waals surface area contributed by atoms with E-state index in [1.54, 1.807) is 0 Å². The lowest BCUT2D eigenvalue weighted by Crippen LogP contribution is -2.47. The van der Waals surface area contributed by atoms with Gasteiger partial charge in [0.25, 0.3) is 0 Å². The summed E-state index contributed by atoms with van der Waals surface area (Å²) in [5.41, 5.74) is 0. The average molecular weight is 433 g/mol. The third-order valence-corrected chi connectivity index (χ3v) is 10.3. The highest BCUT2D eigenvalue weighted by molar-refractivity contribution is 7.52. The molecule has 0 heterocycles. The van der Waals surface area contributed by atoms with Gasteiger partial charge >= 0.3 is 7.82 Å². The van der Waals surface area contributed by atoms with Crippen LogP contribution < -0.4 is 0 Å². The van der Waals surface area contributed by atoms with Crippen molar-refractivity contribution < 1.29 is 31.4 Å². The second kappa shape index (κ2) is 9.22. The molecule has 0 N–H and O–H groups in total. The first-order valence-electron chi connectivity index (χ1n) is 8.35. The van der Waals surface area contributed by atoms with Gasteiger partial charge in [-0.1, -0.05) is 0 Å². The van der Waals surface area contributed by atoms with E-state index < -0.39 is 38.6 Å². The van der Waals surface area contributed by atoms with E-state index in [0.29, 0.717) is 0 Å². The van der Waals surface area contributed by atoms with Gasteiger partial charge in [0.15, 0.2) is 25.0 Å². The highest BCUT2D eigenvalue weighted by atomic mass is 31.2. The Balaban J connectivity index is 5.28. The summed E-state index contributed by atoms with van der Waals surface area (Å²) in [4.78, 5) is 0. The van der Waals surface area contributed by atoms with Gasteiger partial charge in [-0.3, -0.25) is 4.52 Å². The summed E-state index contributed by atoms with van der Waals surface area (Å²) in [6, 6.07) is 0. The molecule has 0 aromatic carbocycles. The molecule has 0 unspecified atom stereocenters. The minimum Gasteiger partial charge on any atom is -0.412 e. The standard InChI is InChI=1S/C14H37O7PSi3/c1-16-14(17-2,13-19-23(3,4)5)12-18-22(15,20-24(6,7)8)21-25(9,10)11/h12-13H2,1-11H3. The predicted octanol–water partition coefficient (Wildman–Crippen LogP) is 4.65. The molecule has 0 rings (SSSR count). The molecule has 0 aromatic rings. The Morgan fingerprint density at radius 1 is 0.720 bits per heavy atom. The number of methoxy groups -OCH3 is 2. The zero-order valence-electron chi connectivity index (χ0n) is 17.7. The lowest BCUT2D eigenvalue weighted by molar-refractivity contribution is -0.239. The Bertz CT molecular complexity index is 431. The summed E-state index contributed by atoms with van der Waals surface area (Å²) in [7, 11) is -6.82. The van der Waals surface area contributed by atoms with E-state index in [1.807, 2.05) is 39.3 Å². The first-order valence-corrected chi connectivity index (χ1v) is 20.0. The van der Waals surface area contributed by atoms with Crippen LogP contribution in [0.4, 0.5) is 0 Å². The van der Waals surface area contributed by atoms with Gasteiger partial charge in [-0.25, -0.2) is 4.57 Å². The molecule has 0 aliphatic rings. The van der Waals surface area contributed by atoms with Crippen LogP contribution in [0.5, 0.6) is 0 Å². The van der Waals surface area contributed by atoms with E-state index in [2.05, 4.69) is 19.6 Å². The Hall–Kier alpha value is 0.641. The second-order valence-corrected chi connectivity index (χ2v) is 24.4. The molecule has 25 heavy (non-hydrogen) atoms. The van der Waals surface area contributed by atoms with Gasteiger partial charge in [0, 0.05) is 14.2 Å². The molecule has 0 atom stereocenters. The molecule has 0 fully saturated rings. The van der Waals surface area contributed by atoms with Crippen LogP contribution in [0.25, 0.3) is 0 Å². The van der Waals surface area contributed by atoms with Crippen LogP contribution in [0.1, 0.15) is 0 Å². The number of ether oxygens (including phenoxy) is 2. The molecule has 0 bridgehead atoms. The molecule has 0 aliphatic carbocycles. The van der Waals surface area contributed by atoms with Crippen LogP contribution in [0.2, 0.25) is 58.9 Å². The van der Waals surface area contributed by atoms with Crippen molar-refractivity contribution in [3.63, 3.8) is 0 Å². The zero-order valence-corrected chi connectivity index (χ0v) is 21.6. The maximum Gasteiger partial charge on any atom is 0.455 e. The molecular weight excluding hydrogens is 395 g/mol. The third-order valence-electron chi connectivity index (χ3n) is 2.68. The summed E-state index contributed by atoms with van der Waals surface area (Å²) in [5, 5.41) is 0. The van der Waals surface area contributed by atoms with Crippen LogP contribution in [-0.2, 0) is 31.4 Å².